The minimum absolute atomic E-state index is 0.0573. The Morgan fingerprint density at radius 1 is 1.26 bits per heavy atom. The highest BCUT2D eigenvalue weighted by Gasteiger charge is 2.39. The molecule has 2 aromatic rings. The molecule has 9 heteroatoms. The van der Waals surface area contributed by atoms with Crippen LogP contribution < -0.4 is 0 Å². The predicted molar refractivity (Wildman–Crippen MR) is 137 cm³/mol. The summed E-state index contributed by atoms with van der Waals surface area (Å²) in [5, 5.41) is 1.14. The molecule has 1 atom stereocenters. The summed E-state index contributed by atoms with van der Waals surface area (Å²) in [4.78, 5) is 29.7. The molecule has 1 aliphatic heterocycles. The van der Waals surface area contributed by atoms with Crippen LogP contribution in [0.2, 0.25) is 0 Å². The van der Waals surface area contributed by atoms with E-state index in [1.165, 1.54) is 0 Å². The maximum atomic E-state index is 13.6. The number of rotatable bonds is 8. The summed E-state index contributed by atoms with van der Waals surface area (Å²) < 4.78 is 19.9. The van der Waals surface area contributed by atoms with E-state index in [0.29, 0.717) is 26.3 Å². The highest BCUT2D eigenvalue weighted by atomic mass is 79.9. The Morgan fingerprint density at radius 2 is 2.03 bits per heavy atom. The average Bonchev–Trinajstić information content (AvgIpc) is 3.59. The number of benzene rings is 1. The molecule has 0 bridgehead atoms. The van der Waals surface area contributed by atoms with Crippen molar-refractivity contribution in [1.29, 1.82) is 0 Å². The van der Waals surface area contributed by atoms with Gasteiger partial charge in [0.15, 0.2) is 6.10 Å². The predicted octanol–water partition coefficient (Wildman–Crippen LogP) is 4.57. The highest BCUT2D eigenvalue weighted by Crippen LogP contribution is 2.33. The van der Waals surface area contributed by atoms with Gasteiger partial charge in [-0.05, 0) is 57.7 Å². The Hall–Kier alpha value is -2.10. The van der Waals surface area contributed by atoms with E-state index in [0.717, 1.165) is 46.7 Å². The molecule has 2 heterocycles. The number of amides is 2. The molecule has 0 N–H and O–H groups in total. The Bertz CT molecular complexity index is 1060. The molecule has 4 rings (SSSR count). The molecule has 1 aromatic heterocycles. The monoisotopic (exact) mass is 549 g/mol. The molecule has 1 saturated heterocycles. The minimum Gasteiger partial charge on any atom is -0.444 e. The van der Waals surface area contributed by atoms with E-state index in [1.54, 1.807) is 12.0 Å². The minimum atomic E-state index is -0.680. The van der Waals surface area contributed by atoms with E-state index in [-0.39, 0.29) is 18.5 Å². The third-order valence-corrected chi connectivity index (χ3v) is 6.77. The van der Waals surface area contributed by atoms with Gasteiger partial charge in [-0.3, -0.25) is 4.79 Å². The van der Waals surface area contributed by atoms with Crippen molar-refractivity contribution in [3.05, 3.63) is 34.4 Å². The number of carbonyl (C=O) groups is 2. The lowest BCUT2D eigenvalue weighted by Crippen LogP contribution is -2.53. The van der Waals surface area contributed by atoms with Gasteiger partial charge in [0.1, 0.15) is 5.60 Å². The zero-order chi connectivity index (χ0) is 25.2. The van der Waals surface area contributed by atoms with Gasteiger partial charge in [-0.15, -0.1) is 0 Å². The van der Waals surface area contributed by atoms with Crippen LogP contribution in [-0.4, -0.2) is 77.5 Å². The summed E-state index contributed by atoms with van der Waals surface area (Å²) in [5.41, 5.74) is 1.67. The normalized spacial score (nSPS) is 18.7. The van der Waals surface area contributed by atoms with Crippen molar-refractivity contribution in [2.24, 2.45) is 0 Å². The van der Waals surface area contributed by atoms with E-state index in [2.05, 4.69) is 38.8 Å². The molecule has 2 amide bonds. The molecule has 2 fully saturated rings. The molecule has 1 aromatic carbocycles. The van der Waals surface area contributed by atoms with Gasteiger partial charge >= 0.3 is 6.09 Å². The molecule has 1 saturated carbocycles. The Labute approximate surface area is 215 Å². The lowest BCUT2D eigenvalue weighted by Gasteiger charge is -2.35. The largest absolute Gasteiger partial charge is 0.444 e. The van der Waals surface area contributed by atoms with Gasteiger partial charge in [0.05, 0.1) is 13.2 Å². The fourth-order valence-corrected chi connectivity index (χ4v) is 4.81. The van der Waals surface area contributed by atoms with Gasteiger partial charge < -0.3 is 28.6 Å². The Kier molecular flexibility index (Phi) is 8.08. The first-order chi connectivity index (χ1) is 16.7. The molecule has 35 heavy (non-hydrogen) atoms. The fourth-order valence-electron chi connectivity index (χ4n) is 4.46. The van der Waals surface area contributed by atoms with Gasteiger partial charge in [0.25, 0.3) is 5.91 Å². The Balaban J connectivity index is 1.51. The number of fused-ring (bicyclic) bond motifs is 1. The molecule has 1 aliphatic carbocycles. The zero-order valence-electron chi connectivity index (χ0n) is 21.1. The van der Waals surface area contributed by atoms with Crippen LogP contribution in [0.4, 0.5) is 4.79 Å². The van der Waals surface area contributed by atoms with Gasteiger partial charge in [-0.25, -0.2) is 4.79 Å². The summed E-state index contributed by atoms with van der Waals surface area (Å²) in [7, 11) is 1.71. The first-order valence-corrected chi connectivity index (χ1v) is 13.1. The number of aryl methyl sites for hydroxylation is 1. The number of carbonyl (C=O) groups excluding carboxylic acids is 2. The van der Waals surface area contributed by atoms with Crippen molar-refractivity contribution in [2.45, 2.75) is 70.9 Å². The topological polar surface area (TPSA) is 73.2 Å². The van der Waals surface area contributed by atoms with Crippen molar-refractivity contribution < 1.29 is 23.8 Å². The highest BCUT2D eigenvalue weighted by molar-refractivity contribution is 9.10. The molecule has 0 radical (unpaired) electrons. The van der Waals surface area contributed by atoms with E-state index < -0.39 is 17.8 Å². The third-order valence-electron chi connectivity index (χ3n) is 6.28. The van der Waals surface area contributed by atoms with Gasteiger partial charge in [0, 0.05) is 61.0 Å². The zero-order valence-corrected chi connectivity index (χ0v) is 22.7. The summed E-state index contributed by atoms with van der Waals surface area (Å²) in [6.45, 7) is 8.53. The number of hydrogen-bond donors (Lipinski definition) is 0. The second-order valence-corrected chi connectivity index (χ2v) is 11.3. The number of methoxy groups -OCH3 is 1. The smallest absolute Gasteiger partial charge is 0.410 e. The van der Waals surface area contributed by atoms with Crippen molar-refractivity contribution in [2.75, 3.05) is 33.4 Å². The first-order valence-electron chi connectivity index (χ1n) is 12.3. The van der Waals surface area contributed by atoms with Crippen molar-refractivity contribution in [3.63, 3.8) is 0 Å². The number of hydrogen-bond acceptors (Lipinski definition) is 5. The SMILES string of the molecule is COCCCn1cc(CN(C(=O)[C@H]2CN(C(=O)OC(C)(C)C)CCO2)C2CC2)c2ccc(Br)cc21. The lowest BCUT2D eigenvalue weighted by molar-refractivity contribution is -0.150. The van der Waals surface area contributed by atoms with E-state index >= 15 is 0 Å². The third kappa shape index (κ3) is 6.57. The van der Waals surface area contributed by atoms with E-state index in [4.69, 9.17) is 14.2 Å². The van der Waals surface area contributed by atoms with Crippen molar-refractivity contribution >= 4 is 38.8 Å². The maximum absolute atomic E-state index is 13.6. The van der Waals surface area contributed by atoms with Crippen LogP contribution in [0.25, 0.3) is 10.9 Å². The van der Waals surface area contributed by atoms with Crippen molar-refractivity contribution in [1.82, 2.24) is 14.4 Å². The lowest BCUT2D eigenvalue weighted by atomic mass is 10.1. The summed E-state index contributed by atoms with van der Waals surface area (Å²) in [6.07, 6.45) is 3.97. The van der Waals surface area contributed by atoms with E-state index in [1.807, 2.05) is 31.7 Å². The maximum Gasteiger partial charge on any atom is 0.410 e. The van der Waals surface area contributed by atoms with Crippen LogP contribution in [-0.2, 0) is 32.1 Å². The van der Waals surface area contributed by atoms with Crippen LogP contribution in [0.15, 0.2) is 28.9 Å². The van der Waals surface area contributed by atoms with E-state index in [9.17, 15) is 9.59 Å². The second-order valence-electron chi connectivity index (χ2n) is 10.3. The Morgan fingerprint density at radius 3 is 2.71 bits per heavy atom. The summed E-state index contributed by atoms with van der Waals surface area (Å²) in [6, 6.07) is 6.49. The van der Waals surface area contributed by atoms with Gasteiger partial charge in [-0.1, -0.05) is 22.0 Å². The number of aromatic nitrogens is 1. The number of halogens is 1. The standard InChI is InChI=1S/C26H36BrN3O5/c1-26(2,3)35-25(32)29-11-13-34-23(17-29)24(31)30(20-7-8-20)16-18-15-28(10-5-12-33-4)22-14-19(27)6-9-21(18)22/h6,9,14-15,20,23H,5,7-8,10-13,16-17H2,1-4H3/t23-/m1/s1. The number of morpholine rings is 1. The number of nitrogens with zero attached hydrogens (tertiary/aromatic N) is 3. The van der Waals surface area contributed by atoms with Crippen LogP contribution >= 0.6 is 15.9 Å². The molecule has 8 nitrogen and oxygen atoms in total. The number of ether oxygens (including phenoxy) is 3. The van der Waals surface area contributed by atoms with Crippen LogP contribution in [0.3, 0.4) is 0 Å². The average molecular weight is 550 g/mol. The fraction of sp³-hybridized carbons (Fsp3) is 0.615. The van der Waals surface area contributed by atoms with Gasteiger partial charge in [0.2, 0.25) is 0 Å². The first kappa shape index (κ1) is 26.0. The summed E-state index contributed by atoms with van der Waals surface area (Å²) in [5.74, 6) is -0.0573. The molecular weight excluding hydrogens is 514 g/mol. The van der Waals surface area contributed by atoms with Crippen LogP contribution in [0, 0.1) is 0 Å². The molecular formula is C26H36BrN3O5. The summed E-state index contributed by atoms with van der Waals surface area (Å²) >= 11 is 3.59. The molecule has 0 spiro atoms. The second kappa shape index (κ2) is 10.9. The quantitative estimate of drug-likeness (QED) is 0.451. The van der Waals surface area contributed by atoms with Crippen molar-refractivity contribution in [3.8, 4) is 0 Å². The van der Waals surface area contributed by atoms with Gasteiger partial charge in [-0.2, -0.15) is 0 Å². The molecule has 2 aliphatic rings. The van der Waals surface area contributed by atoms with Crippen LogP contribution in [0.5, 0.6) is 0 Å². The molecule has 192 valence electrons. The van der Waals surface area contributed by atoms with Crippen LogP contribution in [0.1, 0.15) is 45.6 Å². The molecule has 0 unspecified atom stereocenters.